The zero-order valence-corrected chi connectivity index (χ0v) is 20.6. The summed E-state index contributed by atoms with van der Waals surface area (Å²) < 4.78 is 50.9. The summed E-state index contributed by atoms with van der Waals surface area (Å²) >= 11 is 0. The molecule has 2 aromatic carbocycles. The van der Waals surface area contributed by atoms with Gasteiger partial charge in [0, 0.05) is 17.3 Å². The number of aromatic hydroxyl groups is 1. The van der Waals surface area contributed by atoms with Crippen LogP contribution in [0.4, 0.5) is 13.2 Å². The largest absolute Gasteiger partial charge is 0.506 e. The molecule has 0 aliphatic rings. The van der Waals surface area contributed by atoms with E-state index in [0.717, 1.165) is 17.2 Å². The number of halogens is 3. The summed E-state index contributed by atoms with van der Waals surface area (Å²) in [6, 6.07) is 10.2. The fourth-order valence-electron chi connectivity index (χ4n) is 3.62. The number of carboxylic acids is 1. The first-order chi connectivity index (χ1) is 17.2. The number of carbonyl (C=O) groups is 2. The van der Waals surface area contributed by atoms with Gasteiger partial charge in [-0.05, 0) is 69.2 Å². The van der Waals surface area contributed by atoms with E-state index in [-0.39, 0.29) is 18.6 Å². The summed E-state index contributed by atoms with van der Waals surface area (Å²) in [7, 11) is 0. The predicted octanol–water partition coefficient (Wildman–Crippen LogP) is 5.94. The number of alkyl halides is 3. The minimum absolute atomic E-state index is 0.0235. The highest BCUT2D eigenvalue weighted by atomic mass is 19.4. The van der Waals surface area contributed by atoms with Gasteiger partial charge in [0.1, 0.15) is 29.3 Å². The number of carbonyl (C=O) groups excluding carboxylic acids is 1. The van der Waals surface area contributed by atoms with Crippen LogP contribution in [-0.2, 0) is 28.7 Å². The predicted molar refractivity (Wildman–Crippen MR) is 128 cm³/mol. The van der Waals surface area contributed by atoms with Crippen LogP contribution >= 0.6 is 0 Å². The van der Waals surface area contributed by atoms with Crippen molar-refractivity contribution in [2.75, 3.05) is 0 Å². The molecule has 37 heavy (non-hydrogen) atoms. The van der Waals surface area contributed by atoms with Gasteiger partial charge in [-0.15, -0.1) is 0 Å². The number of nitrogens with zero attached hydrogens (tertiary/aromatic N) is 1. The molecule has 0 saturated carbocycles. The van der Waals surface area contributed by atoms with Gasteiger partial charge in [0.15, 0.2) is 0 Å². The molecular weight excluding hydrogens is 491 g/mol. The zero-order valence-electron chi connectivity index (χ0n) is 20.6. The van der Waals surface area contributed by atoms with Crippen molar-refractivity contribution in [3.63, 3.8) is 0 Å². The highest BCUT2D eigenvalue weighted by Crippen LogP contribution is 2.39. The van der Waals surface area contributed by atoms with Crippen LogP contribution in [0.5, 0.6) is 11.5 Å². The normalized spacial score (nSPS) is 11.8. The summed E-state index contributed by atoms with van der Waals surface area (Å²) in [5.74, 6) is -2.91. The lowest BCUT2D eigenvalue weighted by Crippen LogP contribution is -2.25. The molecule has 1 aromatic heterocycles. The average Bonchev–Trinajstić information content (AvgIpc) is 2.75. The highest BCUT2D eigenvalue weighted by Gasteiger charge is 2.37. The third-order valence-corrected chi connectivity index (χ3v) is 5.18. The molecular formula is C27H26F3NO6. The second-order valence-corrected chi connectivity index (χ2v) is 9.39. The van der Waals surface area contributed by atoms with Crippen molar-refractivity contribution in [2.45, 2.75) is 52.5 Å². The van der Waals surface area contributed by atoms with Gasteiger partial charge in [0.25, 0.3) is 0 Å². The molecule has 7 nitrogen and oxygen atoms in total. The Morgan fingerprint density at radius 2 is 1.68 bits per heavy atom. The molecule has 0 fully saturated rings. The number of phenols is 1. The number of benzene rings is 2. The fourth-order valence-corrected chi connectivity index (χ4v) is 3.62. The number of aryl methyl sites for hydroxylation is 1. The van der Waals surface area contributed by atoms with Gasteiger partial charge < -0.3 is 19.7 Å². The maximum atomic E-state index is 13.3. The Bertz CT molecular complexity index is 1310. The molecule has 3 rings (SSSR count). The van der Waals surface area contributed by atoms with Crippen LogP contribution in [0.3, 0.4) is 0 Å². The molecule has 0 aliphatic carbocycles. The summed E-state index contributed by atoms with van der Waals surface area (Å²) in [6.45, 7) is 6.19. The Kier molecular flexibility index (Phi) is 7.80. The van der Waals surface area contributed by atoms with Gasteiger partial charge in [0.2, 0.25) is 0 Å². The van der Waals surface area contributed by atoms with Gasteiger partial charge in [-0.1, -0.05) is 12.1 Å². The second-order valence-electron chi connectivity index (χ2n) is 9.39. The third-order valence-electron chi connectivity index (χ3n) is 5.18. The Morgan fingerprint density at radius 1 is 1.03 bits per heavy atom. The van der Waals surface area contributed by atoms with Crippen molar-refractivity contribution < 1.29 is 42.4 Å². The van der Waals surface area contributed by atoms with E-state index in [0.29, 0.717) is 23.1 Å². The summed E-state index contributed by atoms with van der Waals surface area (Å²) in [5, 5.41) is 19.2. The first-order valence-electron chi connectivity index (χ1n) is 11.2. The number of pyridine rings is 1. The van der Waals surface area contributed by atoms with Gasteiger partial charge in [-0.3, -0.25) is 9.78 Å². The number of rotatable bonds is 7. The van der Waals surface area contributed by atoms with Crippen molar-refractivity contribution in [3.8, 4) is 22.8 Å². The van der Waals surface area contributed by atoms with E-state index in [4.69, 9.17) is 14.6 Å². The second kappa shape index (κ2) is 10.5. The van der Waals surface area contributed by atoms with Gasteiger partial charge in [0.05, 0.1) is 17.7 Å². The van der Waals surface area contributed by atoms with Crippen molar-refractivity contribution in [2.24, 2.45) is 0 Å². The van der Waals surface area contributed by atoms with Gasteiger partial charge in [-0.2, -0.15) is 13.2 Å². The molecule has 0 spiro atoms. The Morgan fingerprint density at radius 3 is 2.22 bits per heavy atom. The van der Waals surface area contributed by atoms with E-state index >= 15 is 0 Å². The van der Waals surface area contributed by atoms with Crippen molar-refractivity contribution >= 4 is 11.9 Å². The summed E-state index contributed by atoms with van der Waals surface area (Å²) in [5.41, 5.74) is -0.168. The minimum atomic E-state index is -4.87. The van der Waals surface area contributed by atoms with Crippen LogP contribution in [0.2, 0.25) is 0 Å². The maximum absolute atomic E-state index is 13.3. The number of aliphatic carboxylic acids is 1. The molecule has 0 saturated heterocycles. The van der Waals surface area contributed by atoms with Crippen molar-refractivity contribution in [1.82, 2.24) is 4.98 Å². The smallest absolute Gasteiger partial charge is 0.419 e. The molecule has 0 amide bonds. The average molecular weight is 518 g/mol. The summed E-state index contributed by atoms with van der Waals surface area (Å²) in [6.07, 6.45) is -3.50. The van der Waals surface area contributed by atoms with Crippen LogP contribution in [0.15, 0.2) is 48.7 Å². The minimum Gasteiger partial charge on any atom is -0.506 e. The monoisotopic (exact) mass is 517 g/mol. The van der Waals surface area contributed by atoms with Crippen LogP contribution in [0.1, 0.15) is 53.4 Å². The first kappa shape index (κ1) is 27.5. The lowest BCUT2D eigenvalue weighted by molar-refractivity contribution is -0.139. The van der Waals surface area contributed by atoms with E-state index in [2.05, 4.69) is 4.98 Å². The number of hydrogen-bond donors (Lipinski definition) is 2. The van der Waals surface area contributed by atoms with Gasteiger partial charge in [-0.25, -0.2) is 4.79 Å². The quantitative estimate of drug-likeness (QED) is 0.374. The molecule has 0 bridgehead atoms. The molecule has 0 radical (unpaired) electrons. The standard InChI is InChI=1S/C27H26F3NO6/c1-15-11-16(12-21(32)33)13-31-23(15)17-5-8-19(9-6-17)36-14-18-7-10-20(27(28,29)30)24(34)22(18)25(35)37-26(2,3)4/h5-11,13,34H,12,14H2,1-4H3,(H,32,33). The molecule has 1 heterocycles. The topological polar surface area (TPSA) is 106 Å². The molecule has 2 N–H and O–H groups in total. The van der Waals surface area contributed by atoms with E-state index in [1.807, 2.05) is 6.92 Å². The third kappa shape index (κ3) is 6.99. The van der Waals surface area contributed by atoms with E-state index in [9.17, 15) is 27.9 Å². The molecule has 10 heteroatoms. The van der Waals surface area contributed by atoms with Crippen LogP contribution in [-0.4, -0.2) is 32.7 Å². The lowest BCUT2D eigenvalue weighted by atomic mass is 10.0. The Hall–Kier alpha value is -4.08. The van der Waals surface area contributed by atoms with Crippen LogP contribution < -0.4 is 4.74 Å². The number of aromatic nitrogens is 1. The Balaban J connectivity index is 1.84. The number of esters is 1. The van der Waals surface area contributed by atoms with Crippen molar-refractivity contribution in [1.29, 1.82) is 0 Å². The molecule has 196 valence electrons. The van der Waals surface area contributed by atoms with Crippen molar-refractivity contribution in [3.05, 3.63) is 76.5 Å². The van der Waals surface area contributed by atoms with E-state index < -0.39 is 40.6 Å². The molecule has 3 aromatic rings. The lowest BCUT2D eigenvalue weighted by Gasteiger charge is -2.22. The van der Waals surface area contributed by atoms with Gasteiger partial charge >= 0.3 is 18.1 Å². The van der Waals surface area contributed by atoms with E-state index in [1.54, 1.807) is 51.1 Å². The van der Waals surface area contributed by atoms with Crippen LogP contribution in [0.25, 0.3) is 11.3 Å². The number of hydrogen-bond acceptors (Lipinski definition) is 6. The number of ether oxygens (including phenoxy) is 2. The fraction of sp³-hybridized carbons (Fsp3) is 0.296. The summed E-state index contributed by atoms with van der Waals surface area (Å²) in [4.78, 5) is 27.9. The SMILES string of the molecule is Cc1cc(CC(=O)O)cnc1-c1ccc(OCc2ccc(C(F)(F)F)c(O)c2C(=O)OC(C)(C)C)cc1. The van der Waals surface area contributed by atoms with Crippen LogP contribution in [0, 0.1) is 6.92 Å². The number of phenolic OH excluding ortho intramolecular Hbond substituents is 1. The molecule has 0 aliphatic heterocycles. The zero-order chi connectivity index (χ0) is 27.5. The maximum Gasteiger partial charge on any atom is 0.419 e. The first-order valence-corrected chi connectivity index (χ1v) is 11.2. The molecule has 0 atom stereocenters. The Labute approximate surface area is 211 Å². The number of carboxylic acid groups (broad SMARTS) is 1. The highest BCUT2D eigenvalue weighted by molar-refractivity contribution is 5.95. The van der Waals surface area contributed by atoms with E-state index in [1.165, 1.54) is 6.20 Å². The molecule has 0 unspecified atom stereocenters.